The van der Waals surface area contributed by atoms with Gasteiger partial charge >= 0.3 is 0 Å². The fourth-order valence-corrected chi connectivity index (χ4v) is 11.8. The van der Waals surface area contributed by atoms with E-state index >= 15 is 0 Å². The van der Waals surface area contributed by atoms with E-state index in [0.29, 0.717) is 0 Å². The molecule has 5 heteroatoms. The highest BCUT2D eigenvalue weighted by Gasteiger charge is 2.61. The van der Waals surface area contributed by atoms with Crippen LogP contribution in [0.15, 0.2) is 121 Å². The van der Waals surface area contributed by atoms with Crippen LogP contribution in [-0.4, -0.2) is 44.8 Å². The number of fused-ring (bicyclic) bond motifs is 2. The summed E-state index contributed by atoms with van der Waals surface area (Å²) in [4.78, 5) is 0. The predicted octanol–water partition coefficient (Wildman–Crippen LogP) is 3.71. The van der Waals surface area contributed by atoms with Gasteiger partial charge in [-0.2, -0.15) is 0 Å². The maximum Gasteiger partial charge on any atom is 0.0979 e. The van der Waals surface area contributed by atoms with Crippen molar-refractivity contribution in [3.63, 3.8) is 0 Å². The molecule has 3 nitrogen and oxygen atoms in total. The normalized spacial score (nSPS) is 26.0. The number of nitrogens with zero attached hydrogens (tertiary/aromatic N) is 1. The Balaban J connectivity index is 1.47. The van der Waals surface area contributed by atoms with E-state index in [1.165, 1.54) is 21.2 Å². The largest absolute Gasteiger partial charge is 0.389 e. The van der Waals surface area contributed by atoms with Gasteiger partial charge in [-0.25, -0.2) is 0 Å². The summed E-state index contributed by atoms with van der Waals surface area (Å²) in [6.07, 6.45) is -0.595. The van der Waals surface area contributed by atoms with Crippen LogP contribution in [0.3, 0.4) is 0 Å². The zero-order valence-electron chi connectivity index (χ0n) is 19.4. The average molecular weight is 498 g/mol. The first kappa shape index (κ1) is 23.0. The van der Waals surface area contributed by atoms with E-state index in [2.05, 4.69) is 126 Å². The summed E-state index contributed by atoms with van der Waals surface area (Å²) < 4.78 is 2.50. The molecular formula is C30H29NO2P2. The summed E-state index contributed by atoms with van der Waals surface area (Å²) in [5.74, 6) is 0. The molecule has 5 atom stereocenters. The van der Waals surface area contributed by atoms with Crippen molar-refractivity contribution in [1.82, 2.24) is 4.67 Å². The summed E-state index contributed by atoms with van der Waals surface area (Å²) in [5.41, 5.74) is 0.260. The van der Waals surface area contributed by atoms with Crippen molar-refractivity contribution < 1.29 is 10.2 Å². The highest BCUT2D eigenvalue weighted by Crippen LogP contribution is 2.60. The summed E-state index contributed by atoms with van der Waals surface area (Å²) in [5, 5.41) is 27.8. The minimum atomic E-state index is -0.887. The Morgan fingerprint density at radius 3 is 1.37 bits per heavy atom. The van der Waals surface area contributed by atoms with E-state index in [4.69, 9.17) is 0 Å². The second-order valence-corrected chi connectivity index (χ2v) is 13.8. The zero-order valence-corrected chi connectivity index (χ0v) is 21.2. The second-order valence-electron chi connectivity index (χ2n) is 9.25. The van der Waals surface area contributed by atoms with Crippen LogP contribution in [0.25, 0.3) is 0 Å². The molecule has 0 radical (unpaired) electrons. The van der Waals surface area contributed by atoms with Crippen molar-refractivity contribution in [1.29, 1.82) is 0 Å². The number of rotatable bonds is 6. The molecular weight excluding hydrogens is 468 g/mol. The van der Waals surface area contributed by atoms with Crippen LogP contribution in [0, 0.1) is 0 Å². The molecule has 4 aromatic rings. The number of benzene rings is 4. The minimum absolute atomic E-state index is 0.0658. The molecule has 2 N–H and O–H groups in total. The Labute approximate surface area is 209 Å². The van der Waals surface area contributed by atoms with Crippen molar-refractivity contribution in [2.75, 3.05) is 0 Å². The smallest absolute Gasteiger partial charge is 0.0979 e. The molecule has 2 bridgehead atoms. The number of hydrogen-bond acceptors (Lipinski definition) is 3. The first-order valence-corrected chi connectivity index (χ1v) is 14.9. The van der Waals surface area contributed by atoms with E-state index in [9.17, 15) is 10.2 Å². The molecule has 0 saturated carbocycles. The molecule has 2 aliphatic rings. The zero-order chi connectivity index (χ0) is 23.8. The maximum atomic E-state index is 11.4. The molecule has 0 amide bonds. The van der Waals surface area contributed by atoms with E-state index in [-0.39, 0.29) is 17.7 Å². The van der Waals surface area contributed by atoms with E-state index in [1.807, 2.05) is 0 Å². The lowest BCUT2D eigenvalue weighted by atomic mass is 9.94. The summed E-state index contributed by atoms with van der Waals surface area (Å²) >= 11 is 0. The lowest BCUT2D eigenvalue weighted by Crippen LogP contribution is -2.45. The van der Waals surface area contributed by atoms with Gasteiger partial charge < -0.3 is 10.2 Å². The summed E-state index contributed by atoms with van der Waals surface area (Å²) in [7, 11) is -1.59. The van der Waals surface area contributed by atoms with E-state index in [0.717, 1.165) is 6.42 Å². The number of aliphatic hydroxyl groups excluding tert-OH is 2. The number of aliphatic hydroxyl groups is 2. The van der Waals surface area contributed by atoms with Crippen LogP contribution in [-0.2, 0) is 0 Å². The summed E-state index contributed by atoms with van der Waals surface area (Å²) in [6.45, 7) is 0. The average Bonchev–Trinajstić information content (AvgIpc) is 3.40. The molecule has 0 unspecified atom stereocenters. The Kier molecular flexibility index (Phi) is 6.54. The molecule has 0 spiro atoms. The van der Waals surface area contributed by atoms with Gasteiger partial charge in [-0.05, 0) is 35.6 Å². The molecule has 6 rings (SSSR count). The predicted molar refractivity (Wildman–Crippen MR) is 148 cm³/mol. The Hall–Kier alpha value is -2.38. The molecule has 0 aliphatic carbocycles. The molecule has 2 aliphatic heterocycles. The van der Waals surface area contributed by atoms with Gasteiger partial charge in [-0.1, -0.05) is 121 Å². The van der Waals surface area contributed by atoms with E-state index < -0.39 is 28.2 Å². The number of hydrogen-bond donors (Lipinski definition) is 2. The maximum absolute atomic E-state index is 11.4. The third-order valence-electron chi connectivity index (χ3n) is 7.25. The minimum Gasteiger partial charge on any atom is -0.389 e. The monoisotopic (exact) mass is 497 g/mol. The standard InChI is InChI=1S/C30H29NO2P2/c32-29-26-21-27(34(22-13-5-1-6-14-22)23-15-7-2-8-16-23)28(30(29)33)31(26)35(24-17-9-3-10-18-24)25-19-11-4-12-20-25/h1-20,26-30,32-33H,21H2/t26-,27+,28+,29-,30+/m0/s1. The molecule has 176 valence electrons. The fourth-order valence-electron chi connectivity index (χ4n) is 5.81. The molecule has 2 saturated heterocycles. The lowest BCUT2D eigenvalue weighted by Gasteiger charge is -2.37. The van der Waals surface area contributed by atoms with Crippen LogP contribution in [0.1, 0.15) is 6.42 Å². The van der Waals surface area contributed by atoms with Crippen LogP contribution < -0.4 is 21.2 Å². The SMILES string of the molecule is O[C@@H]1[C@H](O)[C@H]2[C@H](P(c3ccccc3)c3ccccc3)C[C@@H]1N2P(c1ccccc1)c1ccccc1. The molecule has 2 heterocycles. The van der Waals surface area contributed by atoms with Crippen LogP contribution in [0.2, 0.25) is 0 Å². The molecule has 0 aromatic heterocycles. The Morgan fingerprint density at radius 2 is 0.943 bits per heavy atom. The van der Waals surface area contributed by atoms with Crippen molar-refractivity contribution in [2.24, 2.45) is 0 Å². The Bertz CT molecular complexity index is 1160. The first-order valence-electron chi connectivity index (χ1n) is 12.2. The van der Waals surface area contributed by atoms with Crippen LogP contribution >= 0.6 is 16.0 Å². The lowest BCUT2D eigenvalue weighted by molar-refractivity contribution is 0.0136. The van der Waals surface area contributed by atoms with Gasteiger partial charge in [0.25, 0.3) is 0 Å². The second kappa shape index (κ2) is 9.94. The third kappa shape index (κ3) is 4.16. The van der Waals surface area contributed by atoms with E-state index in [1.54, 1.807) is 0 Å². The van der Waals surface area contributed by atoms with Gasteiger partial charge in [-0.15, -0.1) is 0 Å². The third-order valence-corrected chi connectivity index (χ3v) is 12.7. The molecule has 4 aromatic carbocycles. The van der Waals surface area contributed by atoms with Crippen molar-refractivity contribution in [3.05, 3.63) is 121 Å². The fraction of sp³-hybridized carbons (Fsp3) is 0.200. The van der Waals surface area contributed by atoms with Crippen molar-refractivity contribution in [2.45, 2.75) is 36.4 Å². The van der Waals surface area contributed by atoms with Crippen molar-refractivity contribution >= 4 is 37.2 Å². The van der Waals surface area contributed by atoms with Crippen molar-refractivity contribution in [3.8, 4) is 0 Å². The van der Waals surface area contributed by atoms with Gasteiger partial charge in [-0.3, -0.25) is 4.67 Å². The Morgan fingerprint density at radius 1 is 0.543 bits per heavy atom. The highest BCUT2D eigenvalue weighted by molar-refractivity contribution is 7.74. The van der Waals surface area contributed by atoms with Crippen LogP contribution in [0.5, 0.6) is 0 Å². The molecule has 2 fully saturated rings. The van der Waals surface area contributed by atoms with Gasteiger partial charge in [0.05, 0.1) is 18.2 Å². The molecule has 35 heavy (non-hydrogen) atoms. The van der Waals surface area contributed by atoms with Gasteiger partial charge in [0.15, 0.2) is 0 Å². The summed E-state index contributed by atoms with van der Waals surface area (Å²) in [6, 6.07) is 42.6. The van der Waals surface area contributed by atoms with Gasteiger partial charge in [0.1, 0.15) is 0 Å². The van der Waals surface area contributed by atoms with Gasteiger partial charge in [0.2, 0.25) is 0 Å². The topological polar surface area (TPSA) is 43.7 Å². The van der Waals surface area contributed by atoms with Crippen LogP contribution in [0.4, 0.5) is 0 Å². The quantitative estimate of drug-likeness (QED) is 0.400. The highest BCUT2D eigenvalue weighted by atomic mass is 31.1. The van der Waals surface area contributed by atoms with Gasteiger partial charge in [0, 0.05) is 19.8 Å². The first-order chi connectivity index (χ1) is 17.2.